The predicted octanol–water partition coefficient (Wildman–Crippen LogP) is 3.37. The molecule has 1 aromatic heterocycles. The lowest BCUT2D eigenvalue weighted by Gasteiger charge is -2.18. The van der Waals surface area contributed by atoms with E-state index in [9.17, 15) is 0 Å². The van der Waals surface area contributed by atoms with Gasteiger partial charge in [0.2, 0.25) is 0 Å². The highest BCUT2D eigenvalue weighted by atomic mass is 32.1. The van der Waals surface area contributed by atoms with Gasteiger partial charge in [-0.05, 0) is 20.3 Å². The highest BCUT2D eigenvalue weighted by Crippen LogP contribution is 2.17. The normalized spacial score (nSPS) is 15.4. The second kappa shape index (κ2) is 6.14. The molecule has 14 heavy (non-hydrogen) atoms. The Balaban J connectivity index is 2.29. The second-order valence-corrected chi connectivity index (χ2v) is 4.75. The van der Waals surface area contributed by atoms with Crippen molar-refractivity contribution < 1.29 is 0 Å². The summed E-state index contributed by atoms with van der Waals surface area (Å²) in [4.78, 5) is 5.42. The Morgan fingerprint density at radius 2 is 2.29 bits per heavy atom. The zero-order valence-corrected chi connectivity index (χ0v) is 10.1. The maximum atomic E-state index is 4.09. The molecule has 0 aliphatic rings. The summed E-state index contributed by atoms with van der Waals surface area (Å²) in [7, 11) is 0. The first kappa shape index (κ1) is 11.7. The van der Waals surface area contributed by atoms with Crippen LogP contribution in [-0.2, 0) is 0 Å². The summed E-state index contributed by atoms with van der Waals surface area (Å²) in [5, 5.41) is 3.59. The molecule has 2 unspecified atom stereocenters. The quantitative estimate of drug-likeness (QED) is 0.782. The van der Waals surface area contributed by atoms with Gasteiger partial charge in [-0.15, -0.1) is 11.3 Å². The molecule has 0 spiro atoms. The molecule has 0 saturated carbocycles. The summed E-state index contributed by atoms with van der Waals surface area (Å²) in [5.74, 6) is 0. The Hall–Kier alpha value is -0.410. The highest BCUT2D eigenvalue weighted by molar-refractivity contribution is 7.09. The fourth-order valence-electron chi connectivity index (χ4n) is 1.54. The minimum absolute atomic E-state index is 0.439. The smallest absolute Gasteiger partial charge is 0.0794 e. The number of aromatic nitrogens is 1. The Labute approximate surface area is 90.8 Å². The zero-order valence-electron chi connectivity index (χ0n) is 9.29. The van der Waals surface area contributed by atoms with Crippen LogP contribution in [0.1, 0.15) is 51.0 Å². The largest absolute Gasteiger partial charge is 0.307 e. The standard InChI is InChI=1S/C11H20N2S/c1-4-5-6-9(2)13-10(3)11-7-12-8-14-11/h7-10,13H,4-6H2,1-3H3. The van der Waals surface area contributed by atoms with Crippen LogP contribution in [0.5, 0.6) is 0 Å². The van der Waals surface area contributed by atoms with Gasteiger partial charge < -0.3 is 5.32 Å². The number of thiazole rings is 1. The Morgan fingerprint density at radius 1 is 1.50 bits per heavy atom. The SMILES string of the molecule is CCCCC(C)NC(C)c1cncs1. The van der Waals surface area contributed by atoms with Crippen molar-refractivity contribution in [2.45, 2.75) is 52.1 Å². The van der Waals surface area contributed by atoms with Crippen molar-refractivity contribution in [3.05, 3.63) is 16.6 Å². The fourth-order valence-corrected chi connectivity index (χ4v) is 2.18. The molecule has 1 heterocycles. The number of rotatable bonds is 6. The van der Waals surface area contributed by atoms with Crippen LogP contribution in [-0.4, -0.2) is 11.0 Å². The molecular formula is C11H20N2S. The first-order chi connectivity index (χ1) is 6.74. The minimum Gasteiger partial charge on any atom is -0.307 e. The van der Waals surface area contributed by atoms with Crippen molar-refractivity contribution in [2.75, 3.05) is 0 Å². The molecule has 80 valence electrons. The monoisotopic (exact) mass is 212 g/mol. The number of nitrogens with one attached hydrogen (secondary N) is 1. The Bertz CT molecular complexity index is 233. The van der Waals surface area contributed by atoms with E-state index in [1.54, 1.807) is 11.3 Å². The topological polar surface area (TPSA) is 24.9 Å². The van der Waals surface area contributed by atoms with Crippen LogP contribution in [0, 0.1) is 0 Å². The van der Waals surface area contributed by atoms with Gasteiger partial charge in [-0.25, -0.2) is 0 Å². The van der Waals surface area contributed by atoms with Gasteiger partial charge in [0, 0.05) is 23.2 Å². The van der Waals surface area contributed by atoms with Gasteiger partial charge in [-0.2, -0.15) is 0 Å². The van der Waals surface area contributed by atoms with Gasteiger partial charge in [-0.1, -0.05) is 19.8 Å². The molecule has 0 fully saturated rings. The molecule has 0 amide bonds. The van der Waals surface area contributed by atoms with Crippen LogP contribution in [0.25, 0.3) is 0 Å². The van der Waals surface area contributed by atoms with E-state index in [1.807, 2.05) is 11.7 Å². The first-order valence-corrected chi connectivity index (χ1v) is 6.26. The van der Waals surface area contributed by atoms with Crippen LogP contribution in [0.4, 0.5) is 0 Å². The summed E-state index contributed by atoms with van der Waals surface area (Å²) in [6, 6.07) is 1.04. The number of hydrogen-bond acceptors (Lipinski definition) is 3. The fraction of sp³-hybridized carbons (Fsp3) is 0.727. The summed E-state index contributed by atoms with van der Waals surface area (Å²) in [6.07, 6.45) is 5.80. The van der Waals surface area contributed by atoms with Crippen molar-refractivity contribution in [1.29, 1.82) is 0 Å². The molecule has 0 bridgehead atoms. The molecule has 0 aliphatic carbocycles. The lowest BCUT2D eigenvalue weighted by atomic mass is 10.1. The Morgan fingerprint density at radius 3 is 2.86 bits per heavy atom. The van der Waals surface area contributed by atoms with Crippen molar-refractivity contribution >= 4 is 11.3 Å². The molecule has 1 aromatic rings. The molecule has 0 aromatic carbocycles. The zero-order chi connectivity index (χ0) is 10.4. The van der Waals surface area contributed by atoms with Crippen LogP contribution in [0.15, 0.2) is 11.7 Å². The lowest BCUT2D eigenvalue weighted by molar-refractivity contribution is 0.447. The average molecular weight is 212 g/mol. The molecule has 1 N–H and O–H groups in total. The van der Waals surface area contributed by atoms with E-state index in [-0.39, 0.29) is 0 Å². The van der Waals surface area contributed by atoms with Gasteiger partial charge in [-0.3, -0.25) is 4.98 Å². The number of unbranched alkanes of at least 4 members (excludes halogenated alkanes) is 1. The van der Waals surface area contributed by atoms with E-state index in [4.69, 9.17) is 0 Å². The van der Waals surface area contributed by atoms with Gasteiger partial charge in [0.05, 0.1) is 5.51 Å². The molecule has 0 aliphatic heterocycles. The molecule has 1 rings (SSSR count). The average Bonchev–Trinajstić information content (AvgIpc) is 2.67. The summed E-state index contributed by atoms with van der Waals surface area (Å²) < 4.78 is 0. The van der Waals surface area contributed by atoms with Crippen molar-refractivity contribution in [1.82, 2.24) is 10.3 Å². The third-order valence-electron chi connectivity index (χ3n) is 2.40. The third-order valence-corrected chi connectivity index (χ3v) is 3.36. The van der Waals surface area contributed by atoms with E-state index in [1.165, 1.54) is 24.1 Å². The third kappa shape index (κ3) is 3.76. The van der Waals surface area contributed by atoms with Crippen LogP contribution in [0.2, 0.25) is 0 Å². The maximum absolute atomic E-state index is 4.09. The molecule has 3 heteroatoms. The van der Waals surface area contributed by atoms with E-state index in [0.29, 0.717) is 12.1 Å². The van der Waals surface area contributed by atoms with E-state index in [2.05, 4.69) is 31.1 Å². The number of nitrogens with zero attached hydrogens (tertiary/aromatic N) is 1. The molecule has 0 radical (unpaired) electrons. The molecule has 2 atom stereocenters. The minimum atomic E-state index is 0.439. The van der Waals surface area contributed by atoms with Gasteiger partial charge in [0.15, 0.2) is 0 Å². The van der Waals surface area contributed by atoms with Crippen LogP contribution < -0.4 is 5.32 Å². The molecule has 0 saturated heterocycles. The van der Waals surface area contributed by atoms with Crippen LogP contribution in [0.3, 0.4) is 0 Å². The first-order valence-electron chi connectivity index (χ1n) is 5.38. The van der Waals surface area contributed by atoms with E-state index in [0.717, 1.165) is 0 Å². The van der Waals surface area contributed by atoms with Gasteiger partial charge >= 0.3 is 0 Å². The lowest BCUT2D eigenvalue weighted by Crippen LogP contribution is -2.28. The van der Waals surface area contributed by atoms with Crippen LogP contribution >= 0.6 is 11.3 Å². The second-order valence-electron chi connectivity index (χ2n) is 3.84. The van der Waals surface area contributed by atoms with Gasteiger partial charge in [0.1, 0.15) is 0 Å². The van der Waals surface area contributed by atoms with Gasteiger partial charge in [0.25, 0.3) is 0 Å². The molecule has 2 nitrogen and oxygen atoms in total. The van der Waals surface area contributed by atoms with Crippen molar-refractivity contribution in [2.24, 2.45) is 0 Å². The maximum Gasteiger partial charge on any atom is 0.0794 e. The van der Waals surface area contributed by atoms with E-state index >= 15 is 0 Å². The van der Waals surface area contributed by atoms with Crippen molar-refractivity contribution in [3.63, 3.8) is 0 Å². The molecular weight excluding hydrogens is 192 g/mol. The summed E-state index contributed by atoms with van der Waals surface area (Å²) >= 11 is 1.72. The van der Waals surface area contributed by atoms with Crippen molar-refractivity contribution in [3.8, 4) is 0 Å². The highest BCUT2D eigenvalue weighted by Gasteiger charge is 2.09. The predicted molar refractivity (Wildman–Crippen MR) is 62.7 cm³/mol. The summed E-state index contributed by atoms with van der Waals surface area (Å²) in [5.41, 5.74) is 1.89. The Kier molecular flexibility index (Phi) is 5.12. The number of hydrogen-bond donors (Lipinski definition) is 1. The van der Waals surface area contributed by atoms with E-state index < -0.39 is 0 Å². The summed E-state index contributed by atoms with van der Waals surface area (Å²) in [6.45, 7) is 6.70.